The van der Waals surface area contributed by atoms with E-state index in [-0.39, 0.29) is 12.4 Å². The van der Waals surface area contributed by atoms with Crippen LogP contribution >= 0.6 is 0 Å². The number of amidine groups is 1. The van der Waals surface area contributed by atoms with Gasteiger partial charge in [0.15, 0.2) is 0 Å². The number of hydrogen-bond donors (Lipinski definition) is 3. The predicted molar refractivity (Wildman–Crippen MR) is 89.2 cm³/mol. The zero-order chi connectivity index (χ0) is 17.5. The summed E-state index contributed by atoms with van der Waals surface area (Å²) >= 11 is 0. The van der Waals surface area contributed by atoms with Gasteiger partial charge < -0.3 is 14.6 Å². The smallest absolute Gasteiger partial charge is 0.413 e. The van der Waals surface area contributed by atoms with E-state index in [0.29, 0.717) is 18.6 Å². The second-order valence-corrected chi connectivity index (χ2v) is 6.26. The topological polar surface area (TPSA) is 91.6 Å². The van der Waals surface area contributed by atoms with Crippen LogP contribution in [0, 0.1) is 12.3 Å². The number of benzene rings is 1. The summed E-state index contributed by atoms with van der Waals surface area (Å²) in [6, 6.07) is 5.27. The SMILES string of the molecule is Cc1cc(C(=N)NC(=O)OC(C)(C)C)ccc1OCCCCO. The Hall–Kier alpha value is -2.08. The summed E-state index contributed by atoms with van der Waals surface area (Å²) in [6.07, 6.45) is 0.847. The lowest BCUT2D eigenvalue weighted by atomic mass is 10.1. The van der Waals surface area contributed by atoms with E-state index in [1.54, 1.807) is 39.0 Å². The molecule has 0 fully saturated rings. The number of unbranched alkanes of at least 4 members (excludes halogenated alkanes) is 1. The van der Waals surface area contributed by atoms with Crippen LogP contribution in [0.5, 0.6) is 5.75 Å². The normalized spacial score (nSPS) is 11.0. The molecular formula is C17H26N2O4. The molecule has 0 bridgehead atoms. The van der Waals surface area contributed by atoms with E-state index in [0.717, 1.165) is 17.7 Å². The Balaban J connectivity index is 2.62. The molecule has 0 heterocycles. The first-order valence-corrected chi connectivity index (χ1v) is 7.66. The molecule has 3 N–H and O–H groups in total. The largest absolute Gasteiger partial charge is 0.493 e. The van der Waals surface area contributed by atoms with Gasteiger partial charge in [-0.3, -0.25) is 10.7 Å². The molecule has 1 aromatic carbocycles. The lowest BCUT2D eigenvalue weighted by Gasteiger charge is -2.20. The molecule has 0 aliphatic heterocycles. The van der Waals surface area contributed by atoms with Gasteiger partial charge in [-0.05, 0) is 64.3 Å². The standard InChI is InChI=1S/C17H26N2O4/c1-12-11-13(7-8-14(12)22-10-6-5-9-20)15(18)19-16(21)23-17(2,3)4/h7-8,11,20H,5-6,9-10H2,1-4H3,(H2,18,19,21). The quantitative estimate of drug-likeness (QED) is 0.426. The van der Waals surface area contributed by atoms with E-state index in [1.807, 2.05) is 6.92 Å². The van der Waals surface area contributed by atoms with Crippen LogP contribution in [0.3, 0.4) is 0 Å². The van der Waals surface area contributed by atoms with Crippen LogP contribution in [-0.2, 0) is 4.74 Å². The highest BCUT2D eigenvalue weighted by Gasteiger charge is 2.17. The molecule has 1 rings (SSSR count). The van der Waals surface area contributed by atoms with Crippen LogP contribution in [0.15, 0.2) is 18.2 Å². The van der Waals surface area contributed by atoms with E-state index >= 15 is 0 Å². The van der Waals surface area contributed by atoms with Crippen molar-refractivity contribution in [3.8, 4) is 5.75 Å². The summed E-state index contributed by atoms with van der Waals surface area (Å²) in [7, 11) is 0. The van der Waals surface area contributed by atoms with Gasteiger partial charge in [-0.2, -0.15) is 0 Å². The van der Waals surface area contributed by atoms with Crippen molar-refractivity contribution in [1.29, 1.82) is 5.41 Å². The third kappa shape index (κ3) is 7.15. The Labute approximate surface area is 137 Å². The van der Waals surface area contributed by atoms with Crippen molar-refractivity contribution >= 4 is 11.9 Å². The van der Waals surface area contributed by atoms with E-state index in [1.165, 1.54) is 0 Å². The number of aliphatic hydroxyl groups is 1. The van der Waals surface area contributed by atoms with Crippen molar-refractivity contribution in [1.82, 2.24) is 5.32 Å². The Morgan fingerprint density at radius 1 is 1.30 bits per heavy atom. The third-order valence-electron chi connectivity index (χ3n) is 2.90. The molecule has 0 saturated heterocycles. The highest BCUT2D eigenvalue weighted by Crippen LogP contribution is 2.19. The van der Waals surface area contributed by atoms with Gasteiger partial charge in [0, 0.05) is 12.2 Å². The summed E-state index contributed by atoms with van der Waals surface area (Å²) in [4.78, 5) is 11.7. The summed E-state index contributed by atoms with van der Waals surface area (Å²) in [5.41, 5.74) is 0.852. The summed E-state index contributed by atoms with van der Waals surface area (Å²) in [5.74, 6) is 0.714. The van der Waals surface area contributed by atoms with Gasteiger partial charge in [-0.15, -0.1) is 0 Å². The highest BCUT2D eigenvalue weighted by molar-refractivity contribution is 6.04. The van der Waals surface area contributed by atoms with Crippen LogP contribution in [0.1, 0.15) is 44.7 Å². The van der Waals surface area contributed by atoms with Crippen molar-refractivity contribution in [3.63, 3.8) is 0 Å². The Bertz CT molecular complexity index is 550. The van der Waals surface area contributed by atoms with E-state index in [9.17, 15) is 4.79 Å². The van der Waals surface area contributed by atoms with Crippen molar-refractivity contribution in [2.45, 2.75) is 46.1 Å². The number of aliphatic hydroxyl groups excluding tert-OH is 1. The third-order valence-corrected chi connectivity index (χ3v) is 2.90. The average molecular weight is 322 g/mol. The van der Waals surface area contributed by atoms with Gasteiger partial charge in [-0.1, -0.05) is 0 Å². The molecule has 0 aliphatic rings. The molecule has 0 atom stereocenters. The van der Waals surface area contributed by atoms with Gasteiger partial charge >= 0.3 is 6.09 Å². The second kappa shape index (κ2) is 8.53. The molecule has 0 saturated carbocycles. The van der Waals surface area contributed by atoms with E-state index in [2.05, 4.69) is 5.32 Å². The maximum absolute atomic E-state index is 11.7. The van der Waals surface area contributed by atoms with Crippen LogP contribution < -0.4 is 10.1 Å². The number of alkyl carbamates (subject to hydrolysis) is 1. The molecule has 1 aromatic rings. The number of nitrogens with one attached hydrogen (secondary N) is 2. The molecule has 0 unspecified atom stereocenters. The number of rotatable bonds is 6. The van der Waals surface area contributed by atoms with Crippen molar-refractivity contribution in [2.75, 3.05) is 13.2 Å². The molecule has 128 valence electrons. The first-order chi connectivity index (χ1) is 10.7. The van der Waals surface area contributed by atoms with Gasteiger partial charge in [0.2, 0.25) is 0 Å². The summed E-state index contributed by atoms with van der Waals surface area (Å²) in [5, 5.41) is 19.1. The minimum absolute atomic E-state index is 0.0193. The average Bonchev–Trinajstić information content (AvgIpc) is 2.42. The number of hydrogen-bond acceptors (Lipinski definition) is 5. The van der Waals surface area contributed by atoms with Gasteiger partial charge in [0.1, 0.15) is 17.2 Å². The molecule has 6 heteroatoms. The second-order valence-electron chi connectivity index (χ2n) is 6.26. The van der Waals surface area contributed by atoms with Crippen molar-refractivity contribution in [3.05, 3.63) is 29.3 Å². The summed E-state index contributed by atoms with van der Waals surface area (Å²) in [6.45, 7) is 7.88. The molecule has 0 aliphatic carbocycles. The maximum atomic E-state index is 11.7. The summed E-state index contributed by atoms with van der Waals surface area (Å²) < 4.78 is 10.8. The highest BCUT2D eigenvalue weighted by atomic mass is 16.6. The molecule has 0 aromatic heterocycles. The lowest BCUT2D eigenvalue weighted by molar-refractivity contribution is 0.0563. The van der Waals surface area contributed by atoms with E-state index < -0.39 is 11.7 Å². The minimum atomic E-state index is -0.649. The number of aryl methyl sites for hydroxylation is 1. The molecular weight excluding hydrogens is 296 g/mol. The van der Waals surface area contributed by atoms with Crippen molar-refractivity contribution in [2.24, 2.45) is 0 Å². The predicted octanol–water partition coefficient (Wildman–Crippen LogP) is 3.00. The van der Waals surface area contributed by atoms with Gasteiger partial charge in [-0.25, -0.2) is 4.79 Å². The van der Waals surface area contributed by atoms with Crippen LogP contribution in [0.2, 0.25) is 0 Å². The minimum Gasteiger partial charge on any atom is -0.493 e. The number of carbonyl (C=O) groups is 1. The first-order valence-electron chi connectivity index (χ1n) is 7.66. The molecule has 0 radical (unpaired) electrons. The molecule has 23 heavy (non-hydrogen) atoms. The van der Waals surface area contributed by atoms with Crippen LogP contribution in [0.4, 0.5) is 4.79 Å². The van der Waals surface area contributed by atoms with E-state index in [4.69, 9.17) is 20.0 Å². The van der Waals surface area contributed by atoms with Gasteiger partial charge in [0.25, 0.3) is 0 Å². The maximum Gasteiger partial charge on any atom is 0.413 e. The Morgan fingerprint density at radius 2 is 2.00 bits per heavy atom. The zero-order valence-electron chi connectivity index (χ0n) is 14.2. The van der Waals surface area contributed by atoms with Crippen LogP contribution in [-0.4, -0.2) is 35.9 Å². The molecule has 0 spiro atoms. The fourth-order valence-electron chi connectivity index (χ4n) is 1.84. The first kappa shape index (κ1) is 19.0. The van der Waals surface area contributed by atoms with Crippen LogP contribution in [0.25, 0.3) is 0 Å². The monoisotopic (exact) mass is 322 g/mol. The lowest BCUT2D eigenvalue weighted by Crippen LogP contribution is -2.36. The Morgan fingerprint density at radius 3 is 2.57 bits per heavy atom. The number of carbonyl (C=O) groups excluding carboxylic acids is 1. The fourth-order valence-corrected chi connectivity index (χ4v) is 1.84. The van der Waals surface area contributed by atoms with Crippen molar-refractivity contribution < 1.29 is 19.4 Å². The number of ether oxygens (including phenoxy) is 2. The van der Waals surface area contributed by atoms with Gasteiger partial charge in [0.05, 0.1) is 6.61 Å². The zero-order valence-corrected chi connectivity index (χ0v) is 14.2. The molecule has 6 nitrogen and oxygen atoms in total. The molecule has 1 amide bonds. The number of amides is 1. The Kier molecular flexibility index (Phi) is 7.03. The fraction of sp³-hybridized carbons (Fsp3) is 0.529.